The van der Waals surface area contributed by atoms with Gasteiger partial charge in [0.05, 0.1) is 12.2 Å². The van der Waals surface area contributed by atoms with Gasteiger partial charge in [0.2, 0.25) is 0 Å². The van der Waals surface area contributed by atoms with E-state index in [0.29, 0.717) is 19.4 Å². The molecule has 1 aromatic rings. The molecule has 0 saturated heterocycles. The molecule has 0 atom stereocenters. The molecule has 1 rings (SSSR count). The minimum Gasteiger partial charge on any atom is -0.493 e. The van der Waals surface area contributed by atoms with E-state index in [9.17, 15) is 5.11 Å². The zero-order valence-electron chi connectivity index (χ0n) is 9.79. The van der Waals surface area contributed by atoms with Crippen molar-refractivity contribution in [2.75, 3.05) is 6.61 Å². The van der Waals surface area contributed by atoms with Crippen LogP contribution in [0.25, 0.3) is 0 Å². The first-order valence-corrected chi connectivity index (χ1v) is 5.62. The Kier molecular flexibility index (Phi) is 4.15. The highest BCUT2D eigenvalue weighted by Crippen LogP contribution is 2.34. The van der Waals surface area contributed by atoms with Crippen molar-refractivity contribution in [3.05, 3.63) is 29.8 Å². The number of hydrogen-bond acceptors (Lipinski definition) is 2. The SMILES string of the molecule is CCOc1ccccc1C(O)(CC)CC. The molecule has 0 fully saturated rings. The van der Waals surface area contributed by atoms with Gasteiger partial charge in [0, 0.05) is 5.56 Å². The van der Waals surface area contributed by atoms with Gasteiger partial charge in [-0.1, -0.05) is 32.0 Å². The number of rotatable bonds is 5. The van der Waals surface area contributed by atoms with Crippen LogP contribution < -0.4 is 4.74 Å². The van der Waals surface area contributed by atoms with Crippen molar-refractivity contribution in [3.63, 3.8) is 0 Å². The Balaban J connectivity index is 3.10. The number of para-hydroxylation sites is 1. The van der Waals surface area contributed by atoms with Gasteiger partial charge in [-0.3, -0.25) is 0 Å². The summed E-state index contributed by atoms with van der Waals surface area (Å²) in [6.07, 6.45) is 1.40. The van der Waals surface area contributed by atoms with E-state index in [0.717, 1.165) is 11.3 Å². The maximum Gasteiger partial charge on any atom is 0.125 e. The molecule has 0 saturated carbocycles. The summed E-state index contributed by atoms with van der Waals surface area (Å²) in [5.41, 5.74) is 0.142. The fourth-order valence-electron chi connectivity index (χ4n) is 1.76. The van der Waals surface area contributed by atoms with Gasteiger partial charge in [-0.25, -0.2) is 0 Å². The monoisotopic (exact) mass is 208 g/mol. The maximum atomic E-state index is 10.4. The van der Waals surface area contributed by atoms with Crippen LogP contribution in [-0.2, 0) is 5.60 Å². The minimum absolute atomic E-state index is 0.626. The third-order valence-corrected chi connectivity index (χ3v) is 2.86. The second-order valence-corrected chi connectivity index (χ2v) is 3.67. The van der Waals surface area contributed by atoms with Crippen LogP contribution in [0, 0.1) is 0 Å². The van der Waals surface area contributed by atoms with E-state index in [1.165, 1.54) is 0 Å². The van der Waals surface area contributed by atoms with Crippen molar-refractivity contribution in [1.82, 2.24) is 0 Å². The second-order valence-electron chi connectivity index (χ2n) is 3.67. The first kappa shape index (κ1) is 12.1. The smallest absolute Gasteiger partial charge is 0.125 e. The molecule has 0 unspecified atom stereocenters. The standard InChI is InChI=1S/C13H20O2/c1-4-13(14,5-2)11-9-7-8-10-12(11)15-6-3/h7-10,14H,4-6H2,1-3H3. The van der Waals surface area contributed by atoms with Gasteiger partial charge in [-0.15, -0.1) is 0 Å². The van der Waals surface area contributed by atoms with Crippen LogP contribution in [0.4, 0.5) is 0 Å². The first-order valence-electron chi connectivity index (χ1n) is 5.62. The van der Waals surface area contributed by atoms with Crippen LogP contribution in [0.15, 0.2) is 24.3 Å². The van der Waals surface area contributed by atoms with Crippen LogP contribution in [-0.4, -0.2) is 11.7 Å². The molecule has 1 N–H and O–H groups in total. The molecule has 84 valence electrons. The van der Waals surface area contributed by atoms with Crippen molar-refractivity contribution in [3.8, 4) is 5.75 Å². The molecule has 0 amide bonds. The summed E-state index contributed by atoms with van der Waals surface area (Å²) >= 11 is 0. The molecule has 1 aromatic carbocycles. The van der Waals surface area contributed by atoms with E-state index in [2.05, 4.69) is 0 Å². The molecule has 0 aliphatic heterocycles. The van der Waals surface area contributed by atoms with E-state index >= 15 is 0 Å². The molecule has 2 nitrogen and oxygen atoms in total. The van der Waals surface area contributed by atoms with Crippen LogP contribution in [0.3, 0.4) is 0 Å². The van der Waals surface area contributed by atoms with Gasteiger partial charge >= 0.3 is 0 Å². The number of hydrogen-bond donors (Lipinski definition) is 1. The Bertz CT molecular complexity index is 303. The van der Waals surface area contributed by atoms with Gasteiger partial charge in [0.25, 0.3) is 0 Å². The molecule has 0 aromatic heterocycles. The molecule has 0 heterocycles. The first-order chi connectivity index (χ1) is 7.18. The second kappa shape index (κ2) is 5.17. The average molecular weight is 208 g/mol. The highest BCUT2D eigenvalue weighted by atomic mass is 16.5. The quantitative estimate of drug-likeness (QED) is 0.805. The lowest BCUT2D eigenvalue weighted by Crippen LogP contribution is -2.24. The van der Waals surface area contributed by atoms with Gasteiger partial charge in [-0.05, 0) is 25.8 Å². The molecule has 2 heteroatoms. The summed E-state index contributed by atoms with van der Waals surface area (Å²) in [7, 11) is 0. The predicted octanol–water partition coefficient (Wildman–Crippen LogP) is 3.09. The van der Waals surface area contributed by atoms with Crippen LogP contribution in [0.1, 0.15) is 39.2 Å². The van der Waals surface area contributed by atoms with Crippen molar-refractivity contribution in [2.45, 2.75) is 39.2 Å². The fraction of sp³-hybridized carbons (Fsp3) is 0.538. The Morgan fingerprint density at radius 3 is 2.27 bits per heavy atom. The molecule has 0 aliphatic rings. The molecule has 0 bridgehead atoms. The van der Waals surface area contributed by atoms with Crippen LogP contribution in [0.2, 0.25) is 0 Å². The molecule has 0 spiro atoms. The summed E-state index contributed by atoms with van der Waals surface area (Å²) in [6, 6.07) is 7.72. The molecule has 0 aliphatic carbocycles. The van der Waals surface area contributed by atoms with Gasteiger partial charge in [-0.2, -0.15) is 0 Å². The van der Waals surface area contributed by atoms with Crippen LogP contribution >= 0.6 is 0 Å². The number of ether oxygens (including phenoxy) is 1. The topological polar surface area (TPSA) is 29.5 Å². The minimum atomic E-state index is -0.758. The van der Waals surface area contributed by atoms with Gasteiger partial charge in [0.15, 0.2) is 0 Å². The summed E-state index contributed by atoms with van der Waals surface area (Å²) in [6.45, 7) is 6.56. The predicted molar refractivity (Wildman–Crippen MR) is 62.1 cm³/mol. The molecular weight excluding hydrogens is 188 g/mol. The summed E-state index contributed by atoms with van der Waals surface area (Å²) < 4.78 is 5.53. The Morgan fingerprint density at radius 2 is 1.73 bits per heavy atom. The average Bonchev–Trinajstić information content (AvgIpc) is 2.29. The Hall–Kier alpha value is -1.02. The zero-order valence-corrected chi connectivity index (χ0v) is 9.79. The van der Waals surface area contributed by atoms with Crippen molar-refractivity contribution >= 4 is 0 Å². The Morgan fingerprint density at radius 1 is 1.13 bits per heavy atom. The van der Waals surface area contributed by atoms with Gasteiger partial charge in [0.1, 0.15) is 5.75 Å². The Labute approximate surface area is 91.9 Å². The summed E-state index contributed by atoms with van der Waals surface area (Å²) in [4.78, 5) is 0. The highest BCUT2D eigenvalue weighted by molar-refractivity contribution is 5.37. The summed E-state index contributed by atoms with van der Waals surface area (Å²) in [5, 5.41) is 10.4. The molecule has 15 heavy (non-hydrogen) atoms. The largest absolute Gasteiger partial charge is 0.493 e. The van der Waals surface area contributed by atoms with E-state index in [4.69, 9.17) is 4.74 Å². The third-order valence-electron chi connectivity index (χ3n) is 2.86. The summed E-state index contributed by atoms with van der Waals surface area (Å²) in [5.74, 6) is 0.797. The maximum absolute atomic E-state index is 10.4. The van der Waals surface area contributed by atoms with Crippen molar-refractivity contribution in [2.24, 2.45) is 0 Å². The van der Waals surface area contributed by atoms with E-state index in [-0.39, 0.29) is 0 Å². The fourth-order valence-corrected chi connectivity index (χ4v) is 1.76. The lowest BCUT2D eigenvalue weighted by Gasteiger charge is -2.27. The van der Waals surface area contributed by atoms with Crippen LogP contribution in [0.5, 0.6) is 5.75 Å². The lowest BCUT2D eigenvalue weighted by molar-refractivity contribution is 0.0256. The number of aliphatic hydroxyl groups is 1. The normalized spacial score (nSPS) is 11.5. The zero-order chi connectivity index (χ0) is 11.3. The third kappa shape index (κ3) is 2.51. The van der Waals surface area contributed by atoms with E-state index < -0.39 is 5.60 Å². The van der Waals surface area contributed by atoms with E-state index in [1.54, 1.807) is 0 Å². The number of benzene rings is 1. The molecular formula is C13H20O2. The highest BCUT2D eigenvalue weighted by Gasteiger charge is 2.27. The lowest BCUT2D eigenvalue weighted by atomic mass is 9.88. The van der Waals surface area contributed by atoms with Crippen molar-refractivity contribution < 1.29 is 9.84 Å². The van der Waals surface area contributed by atoms with E-state index in [1.807, 2.05) is 45.0 Å². The van der Waals surface area contributed by atoms with Crippen molar-refractivity contribution in [1.29, 1.82) is 0 Å². The van der Waals surface area contributed by atoms with Gasteiger partial charge < -0.3 is 9.84 Å². The molecule has 0 radical (unpaired) electrons.